The lowest BCUT2D eigenvalue weighted by Crippen LogP contribution is -2.45. The second kappa shape index (κ2) is 7.06. The predicted octanol–water partition coefficient (Wildman–Crippen LogP) is 3.63. The van der Waals surface area contributed by atoms with Gasteiger partial charge in [0.15, 0.2) is 0 Å². The Balaban J connectivity index is 1.69. The number of para-hydroxylation sites is 1. The summed E-state index contributed by atoms with van der Waals surface area (Å²) in [5, 5.41) is 16.6. The topological polar surface area (TPSA) is 61.4 Å². The van der Waals surface area contributed by atoms with Crippen molar-refractivity contribution < 1.29 is 9.90 Å². The van der Waals surface area contributed by atoms with Crippen molar-refractivity contribution in [3.8, 4) is 0 Å². The minimum atomic E-state index is -1.24. The molecule has 4 nitrogen and oxygen atoms in total. The molecule has 1 heterocycles. The van der Waals surface area contributed by atoms with Gasteiger partial charge in [0.05, 0.1) is 0 Å². The largest absolute Gasteiger partial charge is 0.380 e. The SMILES string of the molecule is O=C(Nc1cccc(Nc2ccccc2)c1)C1(O)CCSCC1. The van der Waals surface area contributed by atoms with E-state index in [9.17, 15) is 9.90 Å². The average Bonchev–Trinajstić information content (AvgIpc) is 2.57. The Morgan fingerprint density at radius 2 is 1.61 bits per heavy atom. The molecule has 1 aliphatic rings. The summed E-state index contributed by atoms with van der Waals surface area (Å²) in [4.78, 5) is 12.4. The summed E-state index contributed by atoms with van der Waals surface area (Å²) < 4.78 is 0. The van der Waals surface area contributed by atoms with Crippen LogP contribution in [-0.4, -0.2) is 28.1 Å². The van der Waals surface area contributed by atoms with Gasteiger partial charge < -0.3 is 15.7 Å². The second-order valence-corrected chi connectivity index (χ2v) is 6.89. The fourth-order valence-corrected chi connectivity index (χ4v) is 3.71. The molecule has 0 saturated carbocycles. The van der Waals surface area contributed by atoms with E-state index in [-0.39, 0.29) is 5.91 Å². The highest BCUT2D eigenvalue weighted by atomic mass is 32.2. The first kappa shape index (κ1) is 15.9. The van der Waals surface area contributed by atoms with Crippen LogP contribution in [0.5, 0.6) is 0 Å². The molecule has 120 valence electrons. The number of amides is 1. The number of benzene rings is 2. The van der Waals surface area contributed by atoms with E-state index < -0.39 is 5.60 Å². The number of carbonyl (C=O) groups is 1. The van der Waals surface area contributed by atoms with E-state index >= 15 is 0 Å². The molecule has 1 saturated heterocycles. The molecule has 5 heteroatoms. The zero-order chi connectivity index (χ0) is 16.1. The molecule has 0 bridgehead atoms. The first-order valence-corrected chi connectivity index (χ1v) is 8.85. The normalized spacial score (nSPS) is 16.6. The molecule has 1 fully saturated rings. The summed E-state index contributed by atoms with van der Waals surface area (Å²) in [7, 11) is 0. The van der Waals surface area contributed by atoms with E-state index in [1.807, 2.05) is 54.6 Å². The van der Waals surface area contributed by atoms with Crippen LogP contribution in [0, 0.1) is 0 Å². The van der Waals surface area contributed by atoms with Gasteiger partial charge in [-0.1, -0.05) is 24.3 Å². The highest BCUT2D eigenvalue weighted by Gasteiger charge is 2.37. The Labute approximate surface area is 140 Å². The zero-order valence-corrected chi connectivity index (χ0v) is 13.6. The number of thioether (sulfide) groups is 1. The Hall–Kier alpha value is -1.98. The third kappa shape index (κ3) is 4.06. The van der Waals surface area contributed by atoms with Crippen molar-refractivity contribution in [2.24, 2.45) is 0 Å². The Kier molecular flexibility index (Phi) is 4.88. The third-order valence-electron chi connectivity index (χ3n) is 3.93. The van der Waals surface area contributed by atoms with Crippen LogP contribution in [0.25, 0.3) is 0 Å². The quantitative estimate of drug-likeness (QED) is 0.802. The Bertz CT molecular complexity index is 670. The molecule has 2 aromatic rings. The average molecular weight is 328 g/mol. The number of hydrogen-bond donors (Lipinski definition) is 3. The van der Waals surface area contributed by atoms with Crippen molar-refractivity contribution in [1.29, 1.82) is 0 Å². The lowest BCUT2D eigenvalue weighted by atomic mass is 9.95. The van der Waals surface area contributed by atoms with E-state index in [1.165, 1.54) is 0 Å². The standard InChI is InChI=1S/C18H20N2O2S/c21-17(18(22)9-11-23-12-10-18)20-16-8-4-7-15(13-16)19-14-5-2-1-3-6-14/h1-8,13,19,22H,9-12H2,(H,20,21). The van der Waals surface area contributed by atoms with Gasteiger partial charge in [-0.15, -0.1) is 0 Å². The molecule has 3 rings (SSSR count). The number of nitrogens with one attached hydrogen (secondary N) is 2. The van der Waals surface area contributed by atoms with Gasteiger partial charge in [-0.3, -0.25) is 4.79 Å². The first-order chi connectivity index (χ1) is 11.2. The van der Waals surface area contributed by atoms with Gasteiger partial charge in [-0.05, 0) is 54.7 Å². The molecule has 0 aliphatic carbocycles. The fourth-order valence-electron chi connectivity index (χ4n) is 2.55. The molecular weight excluding hydrogens is 308 g/mol. The smallest absolute Gasteiger partial charge is 0.256 e. The predicted molar refractivity (Wildman–Crippen MR) is 96.3 cm³/mol. The van der Waals surface area contributed by atoms with Crippen LogP contribution in [-0.2, 0) is 4.79 Å². The molecule has 0 aromatic heterocycles. The van der Waals surface area contributed by atoms with Crippen LogP contribution in [0.3, 0.4) is 0 Å². The molecule has 0 spiro atoms. The number of carbonyl (C=O) groups excluding carboxylic acids is 1. The summed E-state index contributed by atoms with van der Waals surface area (Å²) >= 11 is 1.77. The van der Waals surface area contributed by atoms with Crippen molar-refractivity contribution >= 4 is 34.7 Å². The lowest BCUT2D eigenvalue weighted by molar-refractivity contribution is -0.134. The van der Waals surface area contributed by atoms with Gasteiger partial charge in [-0.2, -0.15) is 11.8 Å². The maximum absolute atomic E-state index is 12.4. The number of anilines is 3. The van der Waals surface area contributed by atoms with Gasteiger partial charge in [0.25, 0.3) is 5.91 Å². The summed E-state index contributed by atoms with van der Waals surface area (Å²) in [6, 6.07) is 17.4. The van der Waals surface area contributed by atoms with Crippen molar-refractivity contribution in [2.45, 2.75) is 18.4 Å². The molecule has 3 N–H and O–H groups in total. The second-order valence-electron chi connectivity index (χ2n) is 5.67. The van der Waals surface area contributed by atoms with Gasteiger partial charge in [0.2, 0.25) is 0 Å². The molecule has 2 aromatic carbocycles. The first-order valence-electron chi connectivity index (χ1n) is 7.69. The number of aliphatic hydroxyl groups is 1. The van der Waals surface area contributed by atoms with E-state index in [4.69, 9.17) is 0 Å². The molecule has 23 heavy (non-hydrogen) atoms. The van der Waals surface area contributed by atoms with Gasteiger partial charge in [-0.25, -0.2) is 0 Å². The highest BCUT2D eigenvalue weighted by molar-refractivity contribution is 7.99. The minimum Gasteiger partial charge on any atom is -0.380 e. The Morgan fingerprint density at radius 3 is 2.35 bits per heavy atom. The van der Waals surface area contributed by atoms with Gasteiger partial charge in [0.1, 0.15) is 5.60 Å². The minimum absolute atomic E-state index is 0.310. The van der Waals surface area contributed by atoms with Gasteiger partial charge in [0, 0.05) is 17.1 Å². The Morgan fingerprint density at radius 1 is 0.957 bits per heavy atom. The van der Waals surface area contributed by atoms with Crippen molar-refractivity contribution in [3.63, 3.8) is 0 Å². The summed E-state index contributed by atoms with van der Waals surface area (Å²) in [5.41, 5.74) is 1.32. The molecule has 0 radical (unpaired) electrons. The van der Waals surface area contributed by atoms with Crippen LogP contribution in [0.15, 0.2) is 54.6 Å². The maximum atomic E-state index is 12.4. The van der Waals surface area contributed by atoms with Gasteiger partial charge >= 0.3 is 0 Å². The monoisotopic (exact) mass is 328 g/mol. The van der Waals surface area contributed by atoms with Crippen molar-refractivity contribution in [2.75, 3.05) is 22.1 Å². The van der Waals surface area contributed by atoms with E-state index in [1.54, 1.807) is 11.8 Å². The lowest BCUT2D eigenvalue weighted by Gasteiger charge is -2.30. The van der Waals surface area contributed by atoms with Crippen LogP contribution >= 0.6 is 11.8 Å². The maximum Gasteiger partial charge on any atom is 0.256 e. The van der Waals surface area contributed by atoms with Crippen LogP contribution < -0.4 is 10.6 Å². The molecule has 1 aliphatic heterocycles. The molecular formula is C18H20N2O2S. The highest BCUT2D eigenvalue weighted by Crippen LogP contribution is 2.28. The number of hydrogen-bond acceptors (Lipinski definition) is 4. The summed E-state index contributed by atoms with van der Waals surface area (Å²) in [5.74, 6) is 1.33. The molecule has 0 atom stereocenters. The zero-order valence-electron chi connectivity index (χ0n) is 12.8. The van der Waals surface area contributed by atoms with Crippen LogP contribution in [0.1, 0.15) is 12.8 Å². The van der Waals surface area contributed by atoms with E-state index in [2.05, 4.69) is 10.6 Å². The summed E-state index contributed by atoms with van der Waals surface area (Å²) in [6.07, 6.45) is 1.01. The molecule has 1 amide bonds. The summed E-state index contributed by atoms with van der Waals surface area (Å²) in [6.45, 7) is 0. The fraction of sp³-hybridized carbons (Fsp3) is 0.278. The van der Waals surface area contributed by atoms with E-state index in [0.29, 0.717) is 18.5 Å². The van der Waals surface area contributed by atoms with Crippen molar-refractivity contribution in [3.05, 3.63) is 54.6 Å². The number of rotatable bonds is 4. The third-order valence-corrected chi connectivity index (χ3v) is 4.91. The van der Waals surface area contributed by atoms with E-state index in [0.717, 1.165) is 22.9 Å². The van der Waals surface area contributed by atoms with Crippen LogP contribution in [0.2, 0.25) is 0 Å². The van der Waals surface area contributed by atoms with Crippen LogP contribution in [0.4, 0.5) is 17.1 Å². The molecule has 0 unspecified atom stereocenters. The van der Waals surface area contributed by atoms with Crippen molar-refractivity contribution in [1.82, 2.24) is 0 Å².